The first-order valence-corrected chi connectivity index (χ1v) is 10.8. The van der Waals surface area contributed by atoms with Crippen LogP contribution >= 0.6 is 50.3 Å². The molecular weight excluding hydrogens is 535 g/mol. The van der Waals surface area contributed by atoms with Crippen LogP contribution in [-0.4, -0.2) is 51.6 Å². The maximum absolute atomic E-state index is 12.6. The average Bonchev–Trinajstić information content (AvgIpc) is 2.87. The number of benzene rings is 1. The van der Waals surface area contributed by atoms with Crippen LogP contribution in [0.15, 0.2) is 21.5 Å². The second kappa shape index (κ2) is 8.30. The quantitative estimate of drug-likeness (QED) is 0.457. The van der Waals surface area contributed by atoms with Gasteiger partial charge in [0.05, 0.1) is 8.48 Å². The number of carbonyl (C=O) groups is 3. The Morgan fingerprint density at radius 3 is 2.65 bits per heavy atom. The molecule has 0 unspecified atom stereocenters. The van der Waals surface area contributed by atoms with Crippen molar-refractivity contribution in [3.8, 4) is 5.75 Å². The zero-order valence-electron chi connectivity index (χ0n) is 13.7. The van der Waals surface area contributed by atoms with Crippen molar-refractivity contribution in [2.24, 2.45) is 0 Å². The van der Waals surface area contributed by atoms with E-state index in [1.54, 1.807) is 17.0 Å². The first kappa shape index (κ1) is 19.7. The molecule has 2 heterocycles. The van der Waals surface area contributed by atoms with E-state index in [-0.39, 0.29) is 23.1 Å². The molecule has 3 amide bonds. The maximum atomic E-state index is 12.6. The first-order chi connectivity index (χ1) is 12.4. The van der Waals surface area contributed by atoms with Crippen LogP contribution in [0.4, 0.5) is 4.79 Å². The lowest BCUT2D eigenvalue weighted by Gasteiger charge is -2.27. The number of imide groups is 1. The number of hydrogen-bond acceptors (Lipinski definition) is 5. The Labute approximate surface area is 177 Å². The fourth-order valence-electron chi connectivity index (χ4n) is 2.85. The highest BCUT2D eigenvalue weighted by atomic mass is 127. The molecule has 1 aromatic rings. The van der Waals surface area contributed by atoms with Crippen molar-refractivity contribution in [3.05, 3.63) is 30.6 Å². The van der Waals surface area contributed by atoms with E-state index in [9.17, 15) is 19.5 Å². The van der Waals surface area contributed by atoms with Crippen molar-refractivity contribution in [1.82, 2.24) is 9.80 Å². The Morgan fingerprint density at radius 1 is 1.27 bits per heavy atom. The zero-order valence-corrected chi connectivity index (χ0v) is 18.3. The van der Waals surface area contributed by atoms with Gasteiger partial charge in [-0.2, -0.15) is 0 Å². The zero-order chi connectivity index (χ0) is 18.8. The van der Waals surface area contributed by atoms with Gasteiger partial charge in [-0.15, -0.1) is 0 Å². The number of halogens is 2. The summed E-state index contributed by atoms with van der Waals surface area (Å²) in [6, 6.07) is 3.42. The summed E-state index contributed by atoms with van der Waals surface area (Å²) < 4.78 is 1.38. The molecule has 0 saturated carbocycles. The highest BCUT2D eigenvalue weighted by molar-refractivity contribution is 14.1. The summed E-state index contributed by atoms with van der Waals surface area (Å²) in [6.07, 6.45) is 4.49. The van der Waals surface area contributed by atoms with Gasteiger partial charge in [0.2, 0.25) is 5.91 Å². The predicted molar refractivity (Wildman–Crippen MR) is 112 cm³/mol. The molecule has 9 heteroatoms. The van der Waals surface area contributed by atoms with Gasteiger partial charge in [0.15, 0.2) is 0 Å². The molecular formula is C17H16BrIN2O4S. The fourth-order valence-corrected chi connectivity index (χ4v) is 5.23. The highest BCUT2D eigenvalue weighted by Gasteiger charge is 2.37. The van der Waals surface area contributed by atoms with Crippen molar-refractivity contribution in [1.29, 1.82) is 0 Å². The Hall–Kier alpha value is -1.07. The van der Waals surface area contributed by atoms with Gasteiger partial charge in [-0.3, -0.25) is 19.3 Å². The second-order valence-corrected chi connectivity index (χ2v) is 9.11. The number of likely N-dealkylation sites (tertiary alicyclic amines) is 1. The van der Waals surface area contributed by atoms with Gasteiger partial charge in [-0.1, -0.05) is 15.9 Å². The van der Waals surface area contributed by atoms with E-state index >= 15 is 0 Å². The van der Waals surface area contributed by atoms with Crippen LogP contribution in [-0.2, 0) is 9.59 Å². The van der Waals surface area contributed by atoms with E-state index in [1.807, 2.05) is 22.6 Å². The van der Waals surface area contributed by atoms with Crippen LogP contribution in [0.1, 0.15) is 24.8 Å². The summed E-state index contributed by atoms with van der Waals surface area (Å²) in [5.41, 5.74) is 0.441. The topological polar surface area (TPSA) is 77.9 Å². The van der Waals surface area contributed by atoms with Gasteiger partial charge >= 0.3 is 0 Å². The summed E-state index contributed by atoms with van der Waals surface area (Å²) in [5, 5.41) is 9.70. The van der Waals surface area contributed by atoms with E-state index in [2.05, 4.69) is 15.9 Å². The Morgan fingerprint density at radius 2 is 1.96 bits per heavy atom. The van der Waals surface area contributed by atoms with Gasteiger partial charge in [0, 0.05) is 23.1 Å². The first-order valence-electron chi connectivity index (χ1n) is 8.08. The van der Waals surface area contributed by atoms with Crippen LogP contribution in [0.2, 0.25) is 0 Å². The Bertz CT molecular complexity index is 808. The standard InChI is InChI=1S/C17H16BrIN2O4S/c18-11-6-10(15(23)12(19)8-11)7-13-16(24)21(17(25)26-13)9-14(22)20-4-2-1-3-5-20/h6-8,23H,1-5,9H2/b13-7-. The number of piperidine rings is 1. The second-order valence-electron chi connectivity index (χ2n) is 6.03. The molecule has 6 nitrogen and oxygen atoms in total. The normalized spacial score (nSPS) is 19.5. The number of thioether (sulfide) groups is 1. The number of nitrogens with zero attached hydrogens (tertiary/aromatic N) is 2. The Kier molecular flexibility index (Phi) is 6.29. The molecule has 0 bridgehead atoms. The van der Waals surface area contributed by atoms with E-state index in [0.717, 1.165) is 40.4 Å². The maximum Gasteiger partial charge on any atom is 0.294 e. The molecule has 1 aromatic carbocycles. The largest absolute Gasteiger partial charge is 0.506 e. The molecule has 138 valence electrons. The molecule has 0 atom stereocenters. The molecule has 26 heavy (non-hydrogen) atoms. The SMILES string of the molecule is O=C(CN1C(=O)S/C(=C\c2cc(Br)cc(I)c2O)C1=O)N1CCCCC1. The number of phenolic OH excluding ortho intramolecular Hbond substituents is 1. The minimum atomic E-state index is -0.500. The molecule has 2 aliphatic rings. The number of phenols is 1. The van der Waals surface area contributed by atoms with Gasteiger partial charge < -0.3 is 10.0 Å². The summed E-state index contributed by atoms with van der Waals surface area (Å²) in [4.78, 5) is 40.0. The van der Waals surface area contributed by atoms with E-state index in [1.165, 1.54) is 6.08 Å². The average molecular weight is 551 g/mol. The van der Waals surface area contributed by atoms with Crippen molar-refractivity contribution < 1.29 is 19.5 Å². The lowest BCUT2D eigenvalue weighted by Crippen LogP contribution is -2.44. The van der Waals surface area contributed by atoms with E-state index < -0.39 is 11.1 Å². The third-order valence-electron chi connectivity index (χ3n) is 4.22. The van der Waals surface area contributed by atoms with Crippen LogP contribution in [0.5, 0.6) is 5.75 Å². The molecule has 0 spiro atoms. The minimum absolute atomic E-state index is 0.0463. The van der Waals surface area contributed by atoms with Crippen LogP contribution in [0.25, 0.3) is 6.08 Å². The lowest BCUT2D eigenvalue weighted by molar-refractivity contribution is -0.136. The number of hydrogen-bond donors (Lipinski definition) is 1. The van der Waals surface area contributed by atoms with Gasteiger partial charge in [0.1, 0.15) is 12.3 Å². The fraction of sp³-hybridized carbons (Fsp3) is 0.353. The van der Waals surface area contributed by atoms with Crippen LogP contribution < -0.4 is 0 Å². The third-order valence-corrected chi connectivity index (χ3v) is 6.41. The van der Waals surface area contributed by atoms with Crippen molar-refractivity contribution in [2.75, 3.05) is 19.6 Å². The number of aromatic hydroxyl groups is 1. The molecule has 0 aliphatic carbocycles. The third kappa shape index (κ3) is 4.25. The van der Waals surface area contributed by atoms with Gasteiger partial charge in [-0.05, 0) is 71.8 Å². The molecule has 1 N–H and O–H groups in total. The van der Waals surface area contributed by atoms with Gasteiger partial charge in [0.25, 0.3) is 11.1 Å². The van der Waals surface area contributed by atoms with Crippen molar-refractivity contribution >= 4 is 73.4 Å². The monoisotopic (exact) mass is 550 g/mol. The highest BCUT2D eigenvalue weighted by Crippen LogP contribution is 2.36. The molecule has 2 saturated heterocycles. The molecule has 0 radical (unpaired) electrons. The minimum Gasteiger partial charge on any atom is -0.506 e. The number of rotatable bonds is 3. The molecule has 3 rings (SSSR count). The van der Waals surface area contributed by atoms with Crippen LogP contribution in [0, 0.1) is 3.57 Å². The summed E-state index contributed by atoms with van der Waals surface area (Å²) in [7, 11) is 0. The predicted octanol–water partition coefficient (Wildman–Crippen LogP) is 3.81. The van der Waals surface area contributed by atoms with Crippen LogP contribution in [0.3, 0.4) is 0 Å². The smallest absolute Gasteiger partial charge is 0.294 e. The Balaban J connectivity index is 1.77. The summed E-state index contributed by atoms with van der Waals surface area (Å²) in [5.74, 6) is -0.655. The van der Waals surface area contributed by atoms with Crippen molar-refractivity contribution in [2.45, 2.75) is 19.3 Å². The van der Waals surface area contributed by atoms with Gasteiger partial charge in [-0.25, -0.2) is 0 Å². The van der Waals surface area contributed by atoms with E-state index in [4.69, 9.17) is 0 Å². The molecule has 2 aliphatic heterocycles. The number of amides is 3. The van der Waals surface area contributed by atoms with Crippen molar-refractivity contribution in [3.63, 3.8) is 0 Å². The molecule has 0 aromatic heterocycles. The summed E-state index contributed by atoms with van der Waals surface area (Å²) in [6.45, 7) is 1.12. The summed E-state index contributed by atoms with van der Waals surface area (Å²) >= 11 is 6.12. The molecule has 2 fully saturated rings. The lowest BCUT2D eigenvalue weighted by atomic mass is 10.1. The van der Waals surface area contributed by atoms with E-state index in [0.29, 0.717) is 22.2 Å². The number of carbonyl (C=O) groups excluding carboxylic acids is 3.